The molecule has 33 heavy (non-hydrogen) atoms. The van der Waals surface area contributed by atoms with Crippen molar-refractivity contribution >= 4 is 0 Å². The molecule has 1 unspecified atom stereocenters. The second-order valence-electron chi connectivity index (χ2n) is 8.83. The zero-order chi connectivity index (χ0) is 24.0. The normalized spacial score (nSPS) is 16.5. The van der Waals surface area contributed by atoms with E-state index >= 15 is 0 Å². The second kappa shape index (κ2) is 8.20. The van der Waals surface area contributed by atoms with Crippen LogP contribution in [0.4, 0.5) is 26.3 Å². The van der Waals surface area contributed by atoms with Crippen LogP contribution in [0.2, 0.25) is 0 Å². The minimum atomic E-state index is -4.60. The largest absolute Gasteiger partial charge is 0.416 e. The topological polar surface area (TPSA) is 26.0 Å². The molecule has 1 fully saturated rings. The molecule has 0 aliphatic heterocycles. The van der Waals surface area contributed by atoms with Crippen LogP contribution in [0, 0.1) is 5.82 Å². The molecule has 3 aromatic carbocycles. The number of rotatable bonds is 6. The van der Waals surface area contributed by atoms with Crippen molar-refractivity contribution in [1.82, 2.24) is 0 Å². The lowest BCUT2D eigenvalue weighted by Gasteiger charge is -2.33. The molecule has 0 radical (unpaired) electrons. The summed E-state index contributed by atoms with van der Waals surface area (Å²) in [7, 11) is 0. The molecule has 0 bridgehead atoms. The van der Waals surface area contributed by atoms with Crippen LogP contribution in [-0.2, 0) is 24.1 Å². The lowest BCUT2D eigenvalue weighted by atomic mass is 9.77. The molecule has 1 atom stereocenters. The summed E-state index contributed by atoms with van der Waals surface area (Å²) in [5, 5.41) is 0. The molecule has 4 rings (SSSR count). The molecule has 0 amide bonds. The van der Waals surface area contributed by atoms with Crippen molar-refractivity contribution in [3.05, 3.63) is 106 Å². The summed E-state index contributed by atoms with van der Waals surface area (Å²) < 4.78 is 83.6. The van der Waals surface area contributed by atoms with Crippen LogP contribution in [0.25, 0.3) is 0 Å². The van der Waals surface area contributed by atoms with E-state index in [1.54, 1.807) is 36.4 Å². The molecule has 0 aromatic heterocycles. The van der Waals surface area contributed by atoms with Gasteiger partial charge in [0.15, 0.2) is 0 Å². The highest BCUT2D eigenvalue weighted by Gasteiger charge is 2.39. The summed E-state index contributed by atoms with van der Waals surface area (Å²) in [4.78, 5) is 0. The smallest absolute Gasteiger partial charge is 0.317 e. The van der Waals surface area contributed by atoms with Gasteiger partial charge in [0.2, 0.25) is 0 Å². The van der Waals surface area contributed by atoms with Crippen molar-refractivity contribution in [3.8, 4) is 0 Å². The van der Waals surface area contributed by atoms with Gasteiger partial charge in [-0.15, -0.1) is 0 Å². The minimum Gasteiger partial charge on any atom is -0.317 e. The molecule has 0 spiro atoms. The predicted octanol–water partition coefficient (Wildman–Crippen LogP) is 7.28. The Bertz CT molecular complexity index is 1150. The van der Waals surface area contributed by atoms with Gasteiger partial charge < -0.3 is 5.73 Å². The third-order valence-corrected chi connectivity index (χ3v) is 6.13. The molecule has 1 nitrogen and oxygen atoms in total. The van der Waals surface area contributed by atoms with Crippen molar-refractivity contribution in [1.29, 1.82) is 0 Å². The summed E-state index contributed by atoms with van der Waals surface area (Å²) in [5.41, 5.74) is 5.01. The molecule has 0 saturated heterocycles. The number of hydrogen-bond acceptors (Lipinski definition) is 1. The van der Waals surface area contributed by atoms with Crippen LogP contribution in [0.1, 0.15) is 59.1 Å². The maximum absolute atomic E-state index is 14.2. The Morgan fingerprint density at radius 2 is 1.45 bits per heavy atom. The van der Waals surface area contributed by atoms with Gasteiger partial charge in [0, 0.05) is 6.92 Å². The number of halogens is 6. The van der Waals surface area contributed by atoms with Gasteiger partial charge in [-0.1, -0.05) is 42.5 Å². The van der Waals surface area contributed by atoms with Crippen LogP contribution in [0.15, 0.2) is 66.7 Å². The standard InChI is InChI=1S/C26H23F6N/c1-24(28,29)22-14-19(9-10-23(22)27)25(33,15-16-5-3-2-4-6-16)20-11-18(17-7-8-17)12-21(13-20)26(30,31)32/h2-6,9-14,17H,7-8,15,33H2,1H3. The van der Waals surface area contributed by atoms with E-state index in [2.05, 4.69) is 0 Å². The number of alkyl halides is 5. The molecule has 1 aliphatic rings. The molecule has 3 aromatic rings. The van der Waals surface area contributed by atoms with E-state index in [4.69, 9.17) is 5.73 Å². The Kier molecular flexibility index (Phi) is 5.81. The number of nitrogens with two attached hydrogens (primary N) is 1. The van der Waals surface area contributed by atoms with Gasteiger partial charge in [-0.3, -0.25) is 0 Å². The van der Waals surface area contributed by atoms with Crippen LogP contribution >= 0.6 is 0 Å². The lowest BCUT2D eigenvalue weighted by molar-refractivity contribution is -0.137. The maximum Gasteiger partial charge on any atom is 0.416 e. The maximum atomic E-state index is 14.2. The van der Waals surface area contributed by atoms with E-state index in [1.807, 2.05) is 0 Å². The first-order valence-corrected chi connectivity index (χ1v) is 10.6. The SMILES string of the molecule is CC(F)(F)c1cc(C(N)(Cc2ccccc2)c2cc(C3CC3)cc(C(F)(F)F)c2)ccc1F. The van der Waals surface area contributed by atoms with Crippen molar-refractivity contribution in [2.45, 2.75) is 49.7 Å². The average molecular weight is 463 g/mol. The predicted molar refractivity (Wildman–Crippen MR) is 115 cm³/mol. The first-order valence-electron chi connectivity index (χ1n) is 10.6. The van der Waals surface area contributed by atoms with Crippen LogP contribution < -0.4 is 5.73 Å². The van der Waals surface area contributed by atoms with Crippen molar-refractivity contribution in [2.24, 2.45) is 5.73 Å². The van der Waals surface area contributed by atoms with Crippen LogP contribution in [0.3, 0.4) is 0 Å². The zero-order valence-corrected chi connectivity index (χ0v) is 17.9. The summed E-state index contributed by atoms with van der Waals surface area (Å²) >= 11 is 0. The minimum absolute atomic E-state index is 0.00998. The second-order valence-corrected chi connectivity index (χ2v) is 8.83. The highest BCUT2D eigenvalue weighted by atomic mass is 19.4. The highest BCUT2D eigenvalue weighted by molar-refractivity contribution is 5.47. The van der Waals surface area contributed by atoms with E-state index in [0.717, 1.165) is 37.1 Å². The van der Waals surface area contributed by atoms with Gasteiger partial charge in [-0.05, 0) is 71.7 Å². The van der Waals surface area contributed by atoms with Gasteiger partial charge in [0.05, 0.1) is 16.7 Å². The van der Waals surface area contributed by atoms with Gasteiger partial charge in [-0.2, -0.15) is 13.2 Å². The zero-order valence-electron chi connectivity index (χ0n) is 17.9. The quantitative estimate of drug-likeness (QED) is 0.382. The fourth-order valence-corrected chi connectivity index (χ4v) is 4.15. The first kappa shape index (κ1) is 23.4. The molecule has 1 saturated carbocycles. The van der Waals surface area contributed by atoms with E-state index in [-0.39, 0.29) is 23.5 Å². The molecule has 7 heteroatoms. The molecule has 174 valence electrons. The monoisotopic (exact) mass is 463 g/mol. The molecular formula is C26H23F6N. The number of hydrogen-bond donors (Lipinski definition) is 1. The van der Waals surface area contributed by atoms with Crippen molar-refractivity contribution in [2.75, 3.05) is 0 Å². The Morgan fingerprint density at radius 3 is 2.03 bits per heavy atom. The van der Waals surface area contributed by atoms with Gasteiger partial charge in [0.1, 0.15) is 5.82 Å². The molecular weight excluding hydrogens is 440 g/mol. The summed E-state index contributed by atoms with van der Waals surface area (Å²) in [6.07, 6.45) is -3.00. The fourth-order valence-electron chi connectivity index (χ4n) is 4.15. The summed E-state index contributed by atoms with van der Waals surface area (Å²) in [6, 6.07) is 15.7. The first-order chi connectivity index (χ1) is 15.4. The molecule has 0 heterocycles. The summed E-state index contributed by atoms with van der Waals surface area (Å²) in [5.74, 6) is -4.58. The van der Waals surface area contributed by atoms with E-state index in [1.165, 1.54) is 6.07 Å². The van der Waals surface area contributed by atoms with Gasteiger partial charge in [0.25, 0.3) is 5.92 Å². The average Bonchev–Trinajstić information content (AvgIpc) is 3.58. The highest BCUT2D eigenvalue weighted by Crippen LogP contribution is 2.45. The number of benzene rings is 3. The van der Waals surface area contributed by atoms with Crippen LogP contribution in [-0.4, -0.2) is 0 Å². The Labute approximate surface area is 188 Å². The Balaban J connectivity index is 1.94. The van der Waals surface area contributed by atoms with Gasteiger partial charge >= 0.3 is 6.18 Å². The van der Waals surface area contributed by atoms with E-state index in [9.17, 15) is 26.3 Å². The van der Waals surface area contributed by atoms with E-state index < -0.39 is 34.6 Å². The third-order valence-electron chi connectivity index (χ3n) is 6.13. The Hall–Kier alpha value is -2.80. The third kappa shape index (κ3) is 4.93. The van der Waals surface area contributed by atoms with E-state index in [0.29, 0.717) is 18.1 Å². The van der Waals surface area contributed by atoms with Crippen molar-refractivity contribution in [3.63, 3.8) is 0 Å². The van der Waals surface area contributed by atoms with Crippen LogP contribution in [0.5, 0.6) is 0 Å². The summed E-state index contributed by atoms with van der Waals surface area (Å²) in [6.45, 7) is 0.570. The molecule has 1 aliphatic carbocycles. The molecule has 2 N–H and O–H groups in total. The fraction of sp³-hybridized carbons (Fsp3) is 0.308. The van der Waals surface area contributed by atoms with Crippen molar-refractivity contribution < 1.29 is 26.3 Å². The lowest BCUT2D eigenvalue weighted by Crippen LogP contribution is -2.41. The van der Waals surface area contributed by atoms with Gasteiger partial charge in [-0.25, -0.2) is 13.2 Å². The Morgan fingerprint density at radius 1 is 0.818 bits per heavy atom.